The van der Waals surface area contributed by atoms with E-state index in [2.05, 4.69) is 53.2 Å². The van der Waals surface area contributed by atoms with E-state index in [0.717, 1.165) is 18.7 Å². The second kappa shape index (κ2) is 4.81. The van der Waals surface area contributed by atoms with Crippen LogP contribution in [-0.2, 0) is 13.0 Å². The monoisotopic (exact) mass is 275 g/mol. The molecule has 0 atom stereocenters. The molecule has 0 spiro atoms. The third-order valence-electron chi connectivity index (χ3n) is 4.24. The van der Waals surface area contributed by atoms with E-state index in [-0.39, 0.29) is 0 Å². The van der Waals surface area contributed by atoms with Crippen molar-refractivity contribution in [2.45, 2.75) is 13.0 Å². The van der Waals surface area contributed by atoms with Crippen molar-refractivity contribution >= 4 is 0 Å². The van der Waals surface area contributed by atoms with Gasteiger partial charge in [-0.15, -0.1) is 0 Å². The lowest BCUT2D eigenvalue weighted by Gasteiger charge is -2.18. The molecule has 2 nitrogen and oxygen atoms in total. The van der Waals surface area contributed by atoms with Crippen LogP contribution in [0.3, 0.4) is 0 Å². The van der Waals surface area contributed by atoms with Gasteiger partial charge in [-0.05, 0) is 41.3 Å². The van der Waals surface area contributed by atoms with Gasteiger partial charge in [0.05, 0.1) is 7.11 Å². The number of aromatic nitrogens is 1. The lowest BCUT2D eigenvalue weighted by Crippen LogP contribution is -2.08. The minimum Gasteiger partial charge on any atom is -0.497 e. The highest BCUT2D eigenvalue weighted by Crippen LogP contribution is 2.34. The van der Waals surface area contributed by atoms with Gasteiger partial charge in [0, 0.05) is 24.0 Å². The first kappa shape index (κ1) is 12.3. The third kappa shape index (κ3) is 2.04. The molecule has 0 amide bonds. The summed E-state index contributed by atoms with van der Waals surface area (Å²) < 4.78 is 7.59. The van der Waals surface area contributed by atoms with Crippen LogP contribution in [0.15, 0.2) is 60.8 Å². The highest BCUT2D eigenvalue weighted by atomic mass is 16.5. The Balaban J connectivity index is 1.79. The van der Waals surface area contributed by atoms with Crippen molar-refractivity contribution in [3.05, 3.63) is 66.4 Å². The number of benzene rings is 2. The zero-order valence-electron chi connectivity index (χ0n) is 12.0. The average molecular weight is 275 g/mol. The largest absolute Gasteiger partial charge is 0.497 e. The lowest BCUT2D eigenvalue weighted by molar-refractivity contribution is 0.415. The van der Waals surface area contributed by atoms with Crippen LogP contribution in [0.25, 0.3) is 22.4 Å². The van der Waals surface area contributed by atoms with Crippen LogP contribution in [0, 0.1) is 0 Å². The molecule has 1 aliphatic heterocycles. The molecule has 0 radical (unpaired) electrons. The molecular formula is C19H17NO. The second-order valence-electron chi connectivity index (χ2n) is 5.44. The molecule has 0 saturated carbocycles. The summed E-state index contributed by atoms with van der Waals surface area (Å²) in [6.45, 7) is 1.06. The molecule has 1 aliphatic rings. The van der Waals surface area contributed by atoms with Crippen molar-refractivity contribution in [2.24, 2.45) is 0 Å². The summed E-state index contributed by atoms with van der Waals surface area (Å²) in [6.07, 6.45) is 3.37. The number of fused-ring (bicyclic) bond motifs is 3. The van der Waals surface area contributed by atoms with Gasteiger partial charge >= 0.3 is 0 Å². The van der Waals surface area contributed by atoms with E-state index in [1.165, 1.54) is 27.9 Å². The van der Waals surface area contributed by atoms with Gasteiger partial charge in [-0.1, -0.05) is 36.4 Å². The molecule has 0 aliphatic carbocycles. The first-order valence-corrected chi connectivity index (χ1v) is 7.28. The van der Waals surface area contributed by atoms with Gasteiger partial charge in [0.2, 0.25) is 0 Å². The van der Waals surface area contributed by atoms with E-state index in [9.17, 15) is 0 Å². The van der Waals surface area contributed by atoms with Gasteiger partial charge in [0.15, 0.2) is 0 Å². The number of rotatable bonds is 2. The Morgan fingerprint density at radius 1 is 0.952 bits per heavy atom. The molecule has 2 heterocycles. The van der Waals surface area contributed by atoms with E-state index >= 15 is 0 Å². The van der Waals surface area contributed by atoms with Crippen molar-refractivity contribution in [2.75, 3.05) is 7.11 Å². The molecule has 1 aromatic heterocycles. The predicted molar refractivity (Wildman–Crippen MR) is 85.6 cm³/mol. The predicted octanol–water partition coefficient (Wildman–Crippen LogP) is 4.39. The van der Waals surface area contributed by atoms with Crippen LogP contribution < -0.4 is 4.74 Å². The van der Waals surface area contributed by atoms with Crippen LogP contribution >= 0.6 is 0 Å². The maximum Gasteiger partial charge on any atom is 0.118 e. The van der Waals surface area contributed by atoms with E-state index in [1.54, 1.807) is 7.11 Å². The Hall–Kier alpha value is -2.48. The molecule has 3 aromatic rings. The molecule has 2 heteroatoms. The van der Waals surface area contributed by atoms with Gasteiger partial charge in [0.25, 0.3) is 0 Å². The highest BCUT2D eigenvalue weighted by molar-refractivity contribution is 5.75. The number of nitrogens with zero attached hydrogens (tertiary/aromatic N) is 1. The first-order valence-electron chi connectivity index (χ1n) is 7.28. The Bertz CT molecular complexity index is 784. The van der Waals surface area contributed by atoms with E-state index in [4.69, 9.17) is 4.74 Å². The molecule has 0 N–H and O–H groups in total. The minimum absolute atomic E-state index is 0.896. The van der Waals surface area contributed by atoms with Crippen LogP contribution in [0.2, 0.25) is 0 Å². The third-order valence-corrected chi connectivity index (χ3v) is 4.24. The lowest BCUT2D eigenvalue weighted by atomic mass is 9.98. The summed E-state index contributed by atoms with van der Waals surface area (Å²) in [4.78, 5) is 0. The van der Waals surface area contributed by atoms with Gasteiger partial charge in [-0.3, -0.25) is 0 Å². The van der Waals surface area contributed by atoms with E-state index in [1.807, 2.05) is 12.1 Å². The number of methoxy groups -OCH3 is 1. The van der Waals surface area contributed by atoms with Crippen molar-refractivity contribution < 1.29 is 4.74 Å². The van der Waals surface area contributed by atoms with Crippen molar-refractivity contribution in [1.82, 2.24) is 4.57 Å². The fraction of sp³-hybridized carbons (Fsp3) is 0.158. The van der Waals surface area contributed by atoms with Crippen LogP contribution in [0.5, 0.6) is 5.75 Å². The average Bonchev–Trinajstić information content (AvgIpc) is 2.99. The quantitative estimate of drug-likeness (QED) is 0.676. The SMILES string of the molecule is COc1ccc(-c2cc3n(c2)CCc2ccccc2-3)cc1. The standard InChI is InChI=1S/C19H17NO/c1-21-17-8-6-14(7-9-17)16-12-19-18-5-3-2-4-15(18)10-11-20(19)13-16/h2-9,12-13H,10-11H2,1H3. The summed E-state index contributed by atoms with van der Waals surface area (Å²) in [5, 5.41) is 0. The Kier molecular flexibility index (Phi) is 2.81. The molecule has 0 unspecified atom stereocenters. The normalized spacial score (nSPS) is 12.6. The molecule has 104 valence electrons. The van der Waals surface area contributed by atoms with Crippen LogP contribution in [0.1, 0.15) is 5.56 Å². The maximum atomic E-state index is 5.23. The summed E-state index contributed by atoms with van der Waals surface area (Å²) in [6, 6.07) is 19.3. The summed E-state index contributed by atoms with van der Waals surface area (Å²) in [5.41, 5.74) is 6.63. The molecule has 21 heavy (non-hydrogen) atoms. The summed E-state index contributed by atoms with van der Waals surface area (Å²) in [5.74, 6) is 0.896. The fourth-order valence-electron chi connectivity index (χ4n) is 3.09. The van der Waals surface area contributed by atoms with Crippen molar-refractivity contribution in [3.8, 4) is 28.1 Å². The highest BCUT2D eigenvalue weighted by Gasteiger charge is 2.16. The molecule has 0 bridgehead atoms. The van der Waals surface area contributed by atoms with Gasteiger partial charge in [0.1, 0.15) is 5.75 Å². The number of hydrogen-bond acceptors (Lipinski definition) is 1. The molecule has 4 rings (SSSR count). The Morgan fingerprint density at radius 2 is 1.76 bits per heavy atom. The molecular weight excluding hydrogens is 258 g/mol. The van der Waals surface area contributed by atoms with Crippen molar-refractivity contribution in [3.63, 3.8) is 0 Å². The van der Waals surface area contributed by atoms with E-state index < -0.39 is 0 Å². The first-order chi connectivity index (χ1) is 10.3. The van der Waals surface area contributed by atoms with E-state index in [0.29, 0.717) is 0 Å². The molecule has 0 fully saturated rings. The summed E-state index contributed by atoms with van der Waals surface area (Å²) >= 11 is 0. The van der Waals surface area contributed by atoms with Gasteiger partial charge in [-0.25, -0.2) is 0 Å². The number of hydrogen-bond donors (Lipinski definition) is 0. The smallest absolute Gasteiger partial charge is 0.118 e. The zero-order valence-corrected chi connectivity index (χ0v) is 12.0. The Morgan fingerprint density at radius 3 is 2.57 bits per heavy atom. The number of ether oxygens (including phenoxy) is 1. The van der Waals surface area contributed by atoms with Crippen LogP contribution in [0.4, 0.5) is 0 Å². The van der Waals surface area contributed by atoms with Crippen LogP contribution in [-0.4, -0.2) is 11.7 Å². The maximum absolute atomic E-state index is 5.23. The van der Waals surface area contributed by atoms with Crippen molar-refractivity contribution in [1.29, 1.82) is 0 Å². The summed E-state index contributed by atoms with van der Waals surface area (Å²) in [7, 11) is 1.70. The van der Waals surface area contributed by atoms with Gasteiger partial charge in [-0.2, -0.15) is 0 Å². The molecule has 2 aromatic carbocycles. The minimum atomic E-state index is 0.896. The fourth-order valence-corrected chi connectivity index (χ4v) is 3.09. The Labute approximate surface area is 124 Å². The topological polar surface area (TPSA) is 14.2 Å². The zero-order chi connectivity index (χ0) is 14.2. The number of aryl methyl sites for hydroxylation is 2. The molecule has 0 saturated heterocycles. The second-order valence-corrected chi connectivity index (χ2v) is 5.44. The van der Waals surface area contributed by atoms with Gasteiger partial charge < -0.3 is 9.30 Å².